The molecule has 0 saturated heterocycles. The molecule has 0 bridgehead atoms. The number of esters is 4. The number of phosphoric ester groups is 2. The minimum absolute atomic E-state index is 0.104. The summed E-state index contributed by atoms with van der Waals surface area (Å²) in [6.07, 6.45) is 40.4. The topological polar surface area (TPSA) is 237 Å². The van der Waals surface area contributed by atoms with Gasteiger partial charge in [-0.2, -0.15) is 0 Å². The number of carbonyl (C=O) groups is 4. The summed E-state index contributed by atoms with van der Waals surface area (Å²) in [6.45, 7) is 14.1. The highest BCUT2D eigenvalue weighted by atomic mass is 31.2. The molecule has 17 nitrogen and oxygen atoms in total. The fourth-order valence-corrected chi connectivity index (χ4v) is 11.9. The molecular weight excluding hydrogens is 1160 g/mol. The Bertz CT molecular complexity index is 1750. The predicted molar refractivity (Wildman–Crippen MR) is 354 cm³/mol. The second kappa shape index (κ2) is 58.8. The van der Waals surface area contributed by atoms with Gasteiger partial charge in [-0.05, 0) is 49.4 Å². The molecule has 0 aliphatic carbocycles. The van der Waals surface area contributed by atoms with Gasteiger partial charge < -0.3 is 33.8 Å². The van der Waals surface area contributed by atoms with Gasteiger partial charge >= 0.3 is 39.5 Å². The normalized spacial score (nSPS) is 14.6. The van der Waals surface area contributed by atoms with Crippen molar-refractivity contribution in [3.8, 4) is 0 Å². The highest BCUT2D eigenvalue weighted by Crippen LogP contribution is 2.45. The Kier molecular flexibility index (Phi) is 57.6. The Balaban J connectivity index is 5.25. The van der Waals surface area contributed by atoms with Gasteiger partial charge in [0.05, 0.1) is 26.4 Å². The summed E-state index contributed by atoms with van der Waals surface area (Å²) in [4.78, 5) is 72.5. The number of aliphatic hydroxyl groups is 1. The largest absolute Gasteiger partial charge is 0.472 e. The van der Waals surface area contributed by atoms with Crippen molar-refractivity contribution in [3.63, 3.8) is 0 Å². The number of carbonyl (C=O) groups excluding carboxylic acids is 4. The second-order valence-electron chi connectivity index (χ2n) is 26.6. The van der Waals surface area contributed by atoms with Gasteiger partial charge in [-0.25, -0.2) is 9.13 Å². The lowest BCUT2D eigenvalue weighted by atomic mass is 9.99. The standard InChI is InChI=1S/C69H134O17P2/c1-9-62(8)48-40-32-24-17-19-27-36-44-52-69(74)86-65(56-80-67(72)50-42-34-28-20-23-31-39-47-61(6)7)58-84-88(77,78)82-54-63(70)53-81-87(75,76)83-57-64(85-68(73)51-43-35-26-18-16-22-30-38-46-60(4)5)55-79-66(71)49-41-33-25-15-13-11-10-12-14-21-29-37-45-59(2)3/h59-65,70H,9-58H2,1-8H3,(H,75,76)(H,77,78)/t62?,63?,64-,65-/m1/s1. The number of unbranched alkanes of at least 4 members (excludes halogenated alkanes) is 31. The predicted octanol–water partition coefficient (Wildman–Crippen LogP) is 19.3. The van der Waals surface area contributed by atoms with Crippen LogP contribution in [0.5, 0.6) is 0 Å². The fourth-order valence-electron chi connectivity index (χ4n) is 10.3. The molecule has 0 fully saturated rings. The lowest BCUT2D eigenvalue weighted by Gasteiger charge is -2.21. The summed E-state index contributed by atoms with van der Waals surface area (Å²) < 4.78 is 68.2. The van der Waals surface area contributed by atoms with E-state index in [1.165, 1.54) is 135 Å². The van der Waals surface area contributed by atoms with Crippen molar-refractivity contribution < 1.29 is 80.2 Å². The zero-order chi connectivity index (χ0) is 65.4. The minimum atomic E-state index is -4.95. The number of ether oxygens (including phenoxy) is 4. The molecular formula is C69H134O17P2. The van der Waals surface area contributed by atoms with Crippen LogP contribution in [0, 0.1) is 23.7 Å². The van der Waals surface area contributed by atoms with Gasteiger partial charge in [0, 0.05) is 25.7 Å². The molecule has 0 aromatic rings. The third-order valence-corrected chi connectivity index (χ3v) is 18.1. The Labute approximate surface area is 537 Å². The van der Waals surface area contributed by atoms with E-state index in [9.17, 15) is 43.2 Å². The van der Waals surface area contributed by atoms with E-state index in [4.69, 9.17) is 37.0 Å². The van der Waals surface area contributed by atoms with Gasteiger partial charge in [-0.1, -0.05) is 287 Å². The highest BCUT2D eigenvalue weighted by Gasteiger charge is 2.30. The minimum Gasteiger partial charge on any atom is -0.462 e. The van der Waals surface area contributed by atoms with Gasteiger partial charge in [-0.3, -0.25) is 37.3 Å². The van der Waals surface area contributed by atoms with E-state index in [1.54, 1.807) is 0 Å². The SMILES string of the molecule is CCC(C)CCCCCCCCCCC(=O)O[C@H](COC(=O)CCCCCCCCCC(C)C)COP(=O)(O)OCC(O)COP(=O)(O)OC[C@@H](COC(=O)CCCCCCCCCCCCCCC(C)C)OC(=O)CCCCCCCCCCC(C)C. The zero-order valence-corrected chi connectivity index (χ0v) is 59.1. The lowest BCUT2D eigenvalue weighted by Crippen LogP contribution is -2.30. The average Bonchev–Trinajstić information content (AvgIpc) is 3.38. The van der Waals surface area contributed by atoms with Gasteiger partial charge in [0.2, 0.25) is 0 Å². The van der Waals surface area contributed by atoms with Crippen molar-refractivity contribution in [1.82, 2.24) is 0 Å². The van der Waals surface area contributed by atoms with E-state index in [1.807, 2.05) is 0 Å². The molecule has 0 heterocycles. The lowest BCUT2D eigenvalue weighted by molar-refractivity contribution is -0.161. The number of aliphatic hydroxyl groups excluding tert-OH is 1. The van der Waals surface area contributed by atoms with Crippen LogP contribution in [0.2, 0.25) is 0 Å². The summed E-state index contributed by atoms with van der Waals surface area (Å²) in [5.74, 6) is 0.841. The van der Waals surface area contributed by atoms with Crippen LogP contribution in [0.3, 0.4) is 0 Å². The van der Waals surface area contributed by atoms with Crippen molar-refractivity contribution in [2.24, 2.45) is 23.7 Å². The number of hydrogen-bond acceptors (Lipinski definition) is 15. The summed E-state index contributed by atoms with van der Waals surface area (Å²) in [6, 6.07) is 0. The van der Waals surface area contributed by atoms with Crippen LogP contribution in [0.4, 0.5) is 0 Å². The third-order valence-electron chi connectivity index (χ3n) is 16.2. The van der Waals surface area contributed by atoms with Crippen LogP contribution in [-0.4, -0.2) is 96.7 Å². The summed E-state index contributed by atoms with van der Waals surface area (Å²) >= 11 is 0. The van der Waals surface area contributed by atoms with Crippen LogP contribution < -0.4 is 0 Å². The van der Waals surface area contributed by atoms with Gasteiger partial charge in [0.15, 0.2) is 12.2 Å². The van der Waals surface area contributed by atoms with Crippen LogP contribution in [-0.2, 0) is 65.4 Å². The van der Waals surface area contributed by atoms with Crippen molar-refractivity contribution in [2.45, 2.75) is 356 Å². The van der Waals surface area contributed by atoms with E-state index >= 15 is 0 Å². The van der Waals surface area contributed by atoms with Gasteiger partial charge in [0.25, 0.3) is 0 Å². The number of phosphoric acid groups is 2. The van der Waals surface area contributed by atoms with E-state index in [0.29, 0.717) is 31.6 Å². The first-order valence-electron chi connectivity index (χ1n) is 35.7. The Morgan fingerprint density at radius 1 is 0.318 bits per heavy atom. The summed E-state index contributed by atoms with van der Waals surface area (Å²) in [7, 11) is -9.90. The third kappa shape index (κ3) is 61.6. The van der Waals surface area contributed by atoms with E-state index in [-0.39, 0.29) is 25.7 Å². The number of hydrogen-bond donors (Lipinski definition) is 3. The van der Waals surface area contributed by atoms with Crippen LogP contribution in [0.25, 0.3) is 0 Å². The Hall–Kier alpha value is -1.94. The summed E-state index contributed by atoms with van der Waals surface area (Å²) in [5, 5.41) is 10.6. The molecule has 0 saturated carbocycles. The molecule has 6 atom stereocenters. The molecule has 0 spiro atoms. The number of rotatable bonds is 66. The molecule has 522 valence electrons. The molecule has 0 aliphatic heterocycles. The maximum absolute atomic E-state index is 13.0. The smallest absolute Gasteiger partial charge is 0.462 e. The van der Waals surface area contributed by atoms with E-state index in [0.717, 1.165) is 114 Å². The zero-order valence-electron chi connectivity index (χ0n) is 57.3. The summed E-state index contributed by atoms with van der Waals surface area (Å²) in [5.41, 5.74) is 0. The highest BCUT2D eigenvalue weighted by molar-refractivity contribution is 7.47. The van der Waals surface area contributed by atoms with E-state index < -0.39 is 97.5 Å². The first-order chi connectivity index (χ1) is 42.1. The molecule has 0 amide bonds. The molecule has 0 aromatic carbocycles. The second-order valence-corrected chi connectivity index (χ2v) is 29.5. The molecule has 3 N–H and O–H groups in total. The van der Waals surface area contributed by atoms with Gasteiger partial charge in [-0.15, -0.1) is 0 Å². The van der Waals surface area contributed by atoms with Crippen LogP contribution in [0.15, 0.2) is 0 Å². The first-order valence-corrected chi connectivity index (χ1v) is 38.7. The van der Waals surface area contributed by atoms with Crippen LogP contribution >= 0.6 is 15.6 Å². The molecule has 0 aliphatic rings. The molecule has 19 heteroatoms. The molecule has 0 aromatic heterocycles. The molecule has 88 heavy (non-hydrogen) atoms. The molecule has 4 unspecified atom stereocenters. The maximum Gasteiger partial charge on any atom is 0.472 e. The maximum atomic E-state index is 13.0. The van der Waals surface area contributed by atoms with Crippen molar-refractivity contribution in [1.29, 1.82) is 0 Å². The first kappa shape index (κ1) is 86.1. The Morgan fingerprint density at radius 3 is 0.807 bits per heavy atom. The van der Waals surface area contributed by atoms with Crippen molar-refractivity contribution in [2.75, 3.05) is 39.6 Å². The monoisotopic (exact) mass is 1300 g/mol. The quantitative estimate of drug-likeness (QED) is 0.0222. The van der Waals surface area contributed by atoms with Gasteiger partial charge in [0.1, 0.15) is 19.3 Å². The Morgan fingerprint density at radius 2 is 0.545 bits per heavy atom. The fraction of sp³-hybridized carbons (Fsp3) is 0.942. The molecule has 0 rings (SSSR count). The van der Waals surface area contributed by atoms with Crippen LogP contribution in [0.1, 0.15) is 338 Å². The van der Waals surface area contributed by atoms with Crippen molar-refractivity contribution in [3.05, 3.63) is 0 Å². The molecule has 0 radical (unpaired) electrons. The van der Waals surface area contributed by atoms with E-state index in [2.05, 4.69) is 55.4 Å². The van der Waals surface area contributed by atoms with Crippen molar-refractivity contribution >= 4 is 39.5 Å². The average molecular weight is 1300 g/mol.